The average Bonchev–Trinajstić information content (AvgIpc) is 2.10. The zero-order chi connectivity index (χ0) is 9.23. The Labute approximate surface area is 73.6 Å². The van der Waals surface area contributed by atoms with E-state index >= 15 is 0 Å². The average molecular weight is 166 g/mol. The lowest BCUT2D eigenvalue weighted by Crippen LogP contribution is -1.92. The number of methoxy groups -OCH3 is 1. The predicted molar refractivity (Wildman–Crippen MR) is 48.5 cm³/mol. The van der Waals surface area contributed by atoms with Gasteiger partial charge in [0, 0.05) is 12.5 Å². The number of hydrogen-bond acceptors (Lipinski definition) is 2. The van der Waals surface area contributed by atoms with Gasteiger partial charge in [0.05, 0.1) is 7.11 Å². The van der Waals surface area contributed by atoms with Crippen molar-refractivity contribution in [3.8, 4) is 11.8 Å². The van der Waals surface area contributed by atoms with Gasteiger partial charge in [0.15, 0.2) is 0 Å². The van der Waals surface area contributed by atoms with Crippen LogP contribution in [0.1, 0.15) is 26.2 Å². The molecule has 66 valence electrons. The van der Waals surface area contributed by atoms with Crippen molar-refractivity contribution in [2.45, 2.75) is 26.2 Å². The zero-order valence-corrected chi connectivity index (χ0v) is 7.59. The largest absolute Gasteiger partial charge is 0.466 e. The highest BCUT2D eigenvalue weighted by atomic mass is 16.5. The van der Waals surface area contributed by atoms with E-state index in [4.69, 9.17) is 0 Å². The SMILES string of the molecule is CCCCC#CC=CC(=O)OC. The molecule has 0 aliphatic heterocycles. The van der Waals surface area contributed by atoms with Crippen molar-refractivity contribution < 1.29 is 9.53 Å². The molecule has 0 aromatic carbocycles. The van der Waals surface area contributed by atoms with Crippen molar-refractivity contribution in [3.63, 3.8) is 0 Å². The molecule has 0 radical (unpaired) electrons. The molecule has 0 spiro atoms. The first-order chi connectivity index (χ1) is 5.81. The molecule has 0 bridgehead atoms. The molecule has 12 heavy (non-hydrogen) atoms. The van der Waals surface area contributed by atoms with E-state index in [1.54, 1.807) is 0 Å². The summed E-state index contributed by atoms with van der Waals surface area (Å²) in [5, 5.41) is 0. The molecule has 0 aliphatic rings. The minimum atomic E-state index is -0.361. The fourth-order valence-electron chi connectivity index (χ4n) is 0.574. The lowest BCUT2D eigenvalue weighted by Gasteiger charge is -1.85. The molecule has 0 aromatic heterocycles. The van der Waals surface area contributed by atoms with Gasteiger partial charge in [-0.3, -0.25) is 0 Å². The monoisotopic (exact) mass is 166 g/mol. The van der Waals surface area contributed by atoms with E-state index in [0.29, 0.717) is 0 Å². The summed E-state index contributed by atoms with van der Waals surface area (Å²) in [4.78, 5) is 10.5. The second-order valence-electron chi connectivity index (χ2n) is 2.28. The first-order valence-corrected chi connectivity index (χ1v) is 4.04. The summed E-state index contributed by atoms with van der Waals surface area (Å²) >= 11 is 0. The maximum Gasteiger partial charge on any atom is 0.331 e. The highest BCUT2D eigenvalue weighted by molar-refractivity contribution is 5.82. The third-order valence-electron chi connectivity index (χ3n) is 1.26. The smallest absolute Gasteiger partial charge is 0.331 e. The maximum absolute atomic E-state index is 10.5. The van der Waals surface area contributed by atoms with Crippen LogP contribution in [-0.4, -0.2) is 13.1 Å². The van der Waals surface area contributed by atoms with Crippen LogP contribution in [0.5, 0.6) is 0 Å². The Balaban J connectivity index is 3.55. The van der Waals surface area contributed by atoms with Crippen molar-refractivity contribution in [2.24, 2.45) is 0 Å². The molecule has 0 saturated carbocycles. The molecule has 0 saturated heterocycles. The van der Waals surface area contributed by atoms with Gasteiger partial charge in [-0.25, -0.2) is 4.79 Å². The Morgan fingerprint density at radius 3 is 2.92 bits per heavy atom. The van der Waals surface area contributed by atoms with E-state index in [1.807, 2.05) is 0 Å². The van der Waals surface area contributed by atoms with Gasteiger partial charge in [-0.15, -0.1) is 0 Å². The van der Waals surface area contributed by atoms with Crippen LogP contribution in [0.3, 0.4) is 0 Å². The van der Waals surface area contributed by atoms with Crippen LogP contribution < -0.4 is 0 Å². The Bertz CT molecular complexity index is 206. The van der Waals surface area contributed by atoms with Gasteiger partial charge in [-0.2, -0.15) is 0 Å². The number of allylic oxidation sites excluding steroid dienone is 1. The van der Waals surface area contributed by atoms with Gasteiger partial charge in [0.2, 0.25) is 0 Å². The Hall–Kier alpha value is -1.23. The summed E-state index contributed by atoms with van der Waals surface area (Å²) in [6.07, 6.45) is 5.98. The highest BCUT2D eigenvalue weighted by Gasteiger charge is 1.86. The summed E-state index contributed by atoms with van der Waals surface area (Å²) in [5.41, 5.74) is 0. The second kappa shape index (κ2) is 7.87. The molecule has 0 rings (SSSR count). The number of esters is 1. The Morgan fingerprint density at radius 2 is 2.33 bits per heavy atom. The van der Waals surface area contributed by atoms with Crippen LogP contribution in [0.15, 0.2) is 12.2 Å². The fraction of sp³-hybridized carbons (Fsp3) is 0.500. The summed E-state index contributed by atoms with van der Waals surface area (Å²) in [6.45, 7) is 2.12. The van der Waals surface area contributed by atoms with E-state index in [1.165, 1.54) is 19.3 Å². The third-order valence-corrected chi connectivity index (χ3v) is 1.26. The number of rotatable bonds is 3. The van der Waals surface area contributed by atoms with Gasteiger partial charge in [0.1, 0.15) is 0 Å². The lowest BCUT2D eigenvalue weighted by atomic mass is 10.2. The van der Waals surface area contributed by atoms with Crippen molar-refractivity contribution in [1.82, 2.24) is 0 Å². The van der Waals surface area contributed by atoms with Crippen LogP contribution in [0, 0.1) is 11.8 Å². The minimum Gasteiger partial charge on any atom is -0.466 e. The van der Waals surface area contributed by atoms with Crippen LogP contribution in [0.4, 0.5) is 0 Å². The number of ether oxygens (including phenoxy) is 1. The van der Waals surface area contributed by atoms with Gasteiger partial charge >= 0.3 is 5.97 Å². The van der Waals surface area contributed by atoms with E-state index in [-0.39, 0.29) is 5.97 Å². The van der Waals surface area contributed by atoms with Crippen molar-refractivity contribution >= 4 is 5.97 Å². The molecular weight excluding hydrogens is 152 g/mol. The van der Waals surface area contributed by atoms with E-state index < -0.39 is 0 Å². The topological polar surface area (TPSA) is 26.3 Å². The summed E-state index contributed by atoms with van der Waals surface area (Å²) in [5.74, 6) is 5.31. The molecule has 0 N–H and O–H groups in total. The van der Waals surface area contributed by atoms with Gasteiger partial charge in [0.25, 0.3) is 0 Å². The highest BCUT2D eigenvalue weighted by Crippen LogP contribution is 1.90. The molecule has 0 heterocycles. The third kappa shape index (κ3) is 6.88. The standard InChI is InChI=1S/C10H14O2/c1-3-4-5-6-7-8-9-10(11)12-2/h8-9H,3-5H2,1-2H3. The fourth-order valence-corrected chi connectivity index (χ4v) is 0.574. The van der Waals surface area contributed by atoms with Crippen LogP contribution >= 0.6 is 0 Å². The summed E-state index contributed by atoms with van der Waals surface area (Å²) in [6, 6.07) is 0. The first kappa shape index (κ1) is 10.8. The quantitative estimate of drug-likeness (QED) is 0.277. The van der Waals surface area contributed by atoms with Crippen molar-refractivity contribution in [2.75, 3.05) is 7.11 Å². The van der Waals surface area contributed by atoms with Crippen LogP contribution in [-0.2, 0) is 9.53 Å². The second-order valence-corrected chi connectivity index (χ2v) is 2.28. The molecule has 2 nitrogen and oxygen atoms in total. The van der Waals surface area contributed by atoms with Crippen LogP contribution in [0.2, 0.25) is 0 Å². The number of hydrogen-bond donors (Lipinski definition) is 0. The van der Waals surface area contributed by atoms with Crippen molar-refractivity contribution in [3.05, 3.63) is 12.2 Å². The maximum atomic E-state index is 10.5. The van der Waals surface area contributed by atoms with Gasteiger partial charge in [-0.05, 0) is 12.5 Å². The minimum absolute atomic E-state index is 0.361. The zero-order valence-electron chi connectivity index (χ0n) is 7.59. The molecule has 0 amide bonds. The number of carbonyl (C=O) groups excluding carboxylic acids is 1. The Kier molecular flexibility index (Phi) is 7.07. The molecule has 0 fully saturated rings. The lowest BCUT2D eigenvalue weighted by molar-refractivity contribution is -0.134. The molecular formula is C10H14O2. The van der Waals surface area contributed by atoms with E-state index in [0.717, 1.165) is 19.3 Å². The van der Waals surface area contributed by atoms with Gasteiger partial charge < -0.3 is 4.74 Å². The van der Waals surface area contributed by atoms with E-state index in [2.05, 4.69) is 23.5 Å². The van der Waals surface area contributed by atoms with Crippen LogP contribution in [0.25, 0.3) is 0 Å². The summed E-state index contributed by atoms with van der Waals surface area (Å²) in [7, 11) is 1.34. The van der Waals surface area contributed by atoms with E-state index in [9.17, 15) is 4.79 Å². The Morgan fingerprint density at radius 1 is 1.58 bits per heavy atom. The first-order valence-electron chi connectivity index (χ1n) is 4.04. The molecule has 2 heteroatoms. The van der Waals surface area contributed by atoms with Crippen molar-refractivity contribution in [1.29, 1.82) is 0 Å². The predicted octanol–water partition coefficient (Wildman–Crippen LogP) is 1.91. The molecule has 0 unspecified atom stereocenters. The molecule has 0 aliphatic carbocycles. The number of unbranched alkanes of at least 4 members (excludes halogenated alkanes) is 2. The summed E-state index contributed by atoms with van der Waals surface area (Å²) < 4.78 is 4.38. The normalized spacial score (nSPS) is 9.17. The number of carbonyl (C=O) groups is 1. The van der Waals surface area contributed by atoms with Gasteiger partial charge in [-0.1, -0.05) is 25.2 Å². The molecule has 0 atom stereocenters. The molecule has 0 aromatic rings.